The van der Waals surface area contributed by atoms with E-state index >= 15 is 0 Å². The standard InChI is InChI=1S/C21H22N8OS/c1-12-8-13(27-20-19-17(25-11-26-20)10-24-21(28-19)31-3)4-7-18(12)30-14-5-6-15(23-2)16(9-14)29-22/h4-11,23,29H,22H2,1-3H3,(H,25,26,27). The highest BCUT2D eigenvalue weighted by Crippen LogP contribution is 2.32. The van der Waals surface area contributed by atoms with E-state index in [9.17, 15) is 0 Å². The van der Waals surface area contributed by atoms with Gasteiger partial charge in [0.2, 0.25) is 0 Å². The van der Waals surface area contributed by atoms with E-state index in [4.69, 9.17) is 10.6 Å². The molecular formula is C21H22N8OS. The lowest BCUT2D eigenvalue weighted by atomic mass is 10.2. The first-order valence-electron chi connectivity index (χ1n) is 9.47. The smallest absolute Gasteiger partial charge is 0.188 e. The number of nitrogens with one attached hydrogen (secondary N) is 3. The second kappa shape index (κ2) is 9.02. The molecule has 0 amide bonds. The molecule has 10 heteroatoms. The van der Waals surface area contributed by atoms with Crippen LogP contribution in [0, 0.1) is 6.92 Å². The van der Waals surface area contributed by atoms with Gasteiger partial charge in [0.1, 0.15) is 28.9 Å². The molecule has 158 valence electrons. The van der Waals surface area contributed by atoms with E-state index < -0.39 is 0 Å². The Kier molecular flexibility index (Phi) is 6.01. The van der Waals surface area contributed by atoms with Crippen molar-refractivity contribution in [3.8, 4) is 11.5 Å². The highest BCUT2D eigenvalue weighted by atomic mass is 32.2. The third kappa shape index (κ3) is 4.44. The number of aromatic nitrogens is 4. The number of nitrogen functional groups attached to an aromatic ring is 1. The van der Waals surface area contributed by atoms with Crippen molar-refractivity contribution in [3.05, 3.63) is 54.5 Å². The second-order valence-electron chi connectivity index (χ2n) is 6.62. The molecule has 4 rings (SSSR count). The Morgan fingerprint density at radius 1 is 1.03 bits per heavy atom. The van der Waals surface area contributed by atoms with E-state index in [1.165, 1.54) is 18.1 Å². The van der Waals surface area contributed by atoms with E-state index in [0.29, 0.717) is 27.8 Å². The minimum absolute atomic E-state index is 0.622. The Hall–Kier alpha value is -3.63. The third-order valence-electron chi connectivity index (χ3n) is 4.62. The van der Waals surface area contributed by atoms with Gasteiger partial charge >= 0.3 is 0 Å². The number of benzene rings is 2. The lowest BCUT2D eigenvalue weighted by Gasteiger charge is -2.14. The van der Waals surface area contributed by atoms with Gasteiger partial charge in [0.15, 0.2) is 11.0 Å². The molecule has 2 heterocycles. The number of nitrogens with two attached hydrogens (primary N) is 1. The Bertz CT molecular complexity index is 1230. The van der Waals surface area contributed by atoms with Crippen LogP contribution in [0.15, 0.2) is 54.1 Å². The SMILES string of the molecule is CNc1ccc(Oc2ccc(Nc3ncnc4cnc(SC)nc34)cc2C)cc1NN. The molecule has 2 aromatic heterocycles. The number of ether oxygens (including phenoxy) is 1. The maximum absolute atomic E-state index is 6.06. The molecule has 2 aromatic carbocycles. The third-order valence-corrected chi connectivity index (χ3v) is 5.18. The number of rotatable bonds is 7. The summed E-state index contributed by atoms with van der Waals surface area (Å²) in [5, 5.41) is 7.06. The Labute approximate surface area is 183 Å². The number of hydrazine groups is 1. The molecule has 0 aliphatic rings. The van der Waals surface area contributed by atoms with Crippen LogP contribution in [0.5, 0.6) is 11.5 Å². The summed E-state index contributed by atoms with van der Waals surface area (Å²) < 4.78 is 6.06. The maximum Gasteiger partial charge on any atom is 0.188 e. The minimum Gasteiger partial charge on any atom is -0.457 e. The topological polar surface area (TPSA) is 123 Å². The summed E-state index contributed by atoms with van der Waals surface area (Å²) in [6, 6.07) is 11.5. The van der Waals surface area contributed by atoms with Gasteiger partial charge in [-0.2, -0.15) is 0 Å². The molecule has 0 unspecified atom stereocenters. The van der Waals surface area contributed by atoms with Crippen molar-refractivity contribution in [1.29, 1.82) is 0 Å². The van der Waals surface area contributed by atoms with Crippen molar-refractivity contribution in [2.75, 3.05) is 29.4 Å². The lowest BCUT2D eigenvalue weighted by molar-refractivity contribution is 0.479. The van der Waals surface area contributed by atoms with Gasteiger partial charge in [-0.3, -0.25) is 5.84 Å². The summed E-state index contributed by atoms with van der Waals surface area (Å²) in [7, 11) is 1.83. The van der Waals surface area contributed by atoms with E-state index in [1.807, 2.05) is 56.6 Å². The fourth-order valence-corrected chi connectivity index (χ4v) is 3.40. The Morgan fingerprint density at radius 2 is 1.90 bits per heavy atom. The molecule has 0 saturated heterocycles. The first-order valence-corrected chi connectivity index (χ1v) is 10.7. The van der Waals surface area contributed by atoms with Crippen LogP contribution >= 0.6 is 11.8 Å². The predicted molar refractivity (Wildman–Crippen MR) is 125 cm³/mol. The van der Waals surface area contributed by atoms with Crippen LogP contribution in [0.25, 0.3) is 11.0 Å². The first kappa shape index (κ1) is 20.6. The molecule has 0 spiro atoms. The number of thioether (sulfide) groups is 1. The van der Waals surface area contributed by atoms with Gasteiger partial charge in [-0.05, 0) is 49.1 Å². The van der Waals surface area contributed by atoms with Crippen molar-refractivity contribution in [2.45, 2.75) is 12.1 Å². The molecule has 0 atom stereocenters. The van der Waals surface area contributed by atoms with Gasteiger partial charge in [0.25, 0.3) is 0 Å². The summed E-state index contributed by atoms with van der Waals surface area (Å²) >= 11 is 1.47. The zero-order chi connectivity index (χ0) is 21.8. The van der Waals surface area contributed by atoms with Crippen LogP contribution in [0.2, 0.25) is 0 Å². The van der Waals surface area contributed by atoms with Crippen molar-refractivity contribution < 1.29 is 4.74 Å². The molecule has 5 N–H and O–H groups in total. The van der Waals surface area contributed by atoms with Gasteiger partial charge in [0, 0.05) is 18.8 Å². The summed E-state index contributed by atoms with van der Waals surface area (Å²) in [5.41, 5.74) is 7.48. The summed E-state index contributed by atoms with van der Waals surface area (Å²) in [4.78, 5) is 17.4. The van der Waals surface area contributed by atoms with E-state index in [0.717, 1.165) is 28.4 Å². The highest BCUT2D eigenvalue weighted by Gasteiger charge is 2.10. The second-order valence-corrected chi connectivity index (χ2v) is 7.40. The lowest BCUT2D eigenvalue weighted by Crippen LogP contribution is -2.09. The molecule has 31 heavy (non-hydrogen) atoms. The summed E-state index contributed by atoms with van der Waals surface area (Å²) in [5.74, 6) is 7.64. The van der Waals surface area contributed by atoms with Crippen LogP contribution in [-0.4, -0.2) is 33.2 Å². The number of anilines is 4. The number of aryl methyl sites for hydroxylation is 1. The van der Waals surface area contributed by atoms with Crippen LogP contribution in [0.1, 0.15) is 5.56 Å². The molecule has 0 radical (unpaired) electrons. The largest absolute Gasteiger partial charge is 0.457 e. The van der Waals surface area contributed by atoms with Gasteiger partial charge < -0.3 is 20.8 Å². The first-order chi connectivity index (χ1) is 15.1. The Balaban J connectivity index is 1.58. The quantitative estimate of drug-likeness (QED) is 0.145. The van der Waals surface area contributed by atoms with Crippen molar-refractivity contribution in [2.24, 2.45) is 5.84 Å². The van der Waals surface area contributed by atoms with Crippen LogP contribution < -0.4 is 26.6 Å². The summed E-state index contributed by atoms with van der Waals surface area (Å²) in [6.07, 6.45) is 5.13. The van der Waals surface area contributed by atoms with Crippen molar-refractivity contribution in [3.63, 3.8) is 0 Å². The number of fused-ring (bicyclic) bond motifs is 1. The normalized spacial score (nSPS) is 10.7. The van der Waals surface area contributed by atoms with Gasteiger partial charge in [-0.25, -0.2) is 19.9 Å². The van der Waals surface area contributed by atoms with Crippen LogP contribution in [0.3, 0.4) is 0 Å². The van der Waals surface area contributed by atoms with E-state index in [1.54, 1.807) is 6.20 Å². The fraction of sp³-hybridized carbons (Fsp3) is 0.143. The molecule has 9 nitrogen and oxygen atoms in total. The van der Waals surface area contributed by atoms with Gasteiger partial charge in [0.05, 0.1) is 17.6 Å². The van der Waals surface area contributed by atoms with Crippen LogP contribution in [0.4, 0.5) is 22.9 Å². The van der Waals surface area contributed by atoms with E-state index in [2.05, 4.69) is 36.0 Å². The van der Waals surface area contributed by atoms with Crippen LogP contribution in [-0.2, 0) is 0 Å². The average Bonchev–Trinajstić information content (AvgIpc) is 2.80. The molecule has 0 aliphatic carbocycles. The summed E-state index contributed by atoms with van der Waals surface area (Å²) in [6.45, 7) is 1.98. The number of hydrogen-bond donors (Lipinski definition) is 4. The van der Waals surface area contributed by atoms with Gasteiger partial charge in [-0.1, -0.05) is 11.8 Å². The molecule has 0 fully saturated rings. The van der Waals surface area contributed by atoms with Crippen molar-refractivity contribution >= 4 is 45.7 Å². The van der Waals surface area contributed by atoms with Gasteiger partial charge in [-0.15, -0.1) is 0 Å². The number of hydrogen-bond acceptors (Lipinski definition) is 10. The zero-order valence-electron chi connectivity index (χ0n) is 17.3. The predicted octanol–water partition coefficient (Wildman–Crippen LogP) is 4.31. The fourth-order valence-electron chi connectivity index (χ4n) is 3.06. The average molecular weight is 435 g/mol. The molecular weight excluding hydrogens is 412 g/mol. The molecule has 4 aromatic rings. The monoisotopic (exact) mass is 434 g/mol. The number of nitrogens with zero attached hydrogens (tertiary/aromatic N) is 4. The zero-order valence-corrected chi connectivity index (χ0v) is 18.1. The molecule has 0 aliphatic heterocycles. The maximum atomic E-state index is 6.06. The van der Waals surface area contributed by atoms with Crippen molar-refractivity contribution in [1.82, 2.24) is 19.9 Å². The molecule has 0 bridgehead atoms. The minimum atomic E-state index is 0.622. The highest BCUT2D eigenvalue weighted by molar-refractivity contribution is 7.98. The van der Waals surface area contributed by atoms with E-state index in [-0.39, 0.29) is 0 Å². The molecule has 0 saturated carbocycles. The Morgan fingerprint density at radius 3 is 2.65 bits per heavy atom.